The summed E-state index contributed by atoms with van der Waals surface area (Å²) < 4.78 is 0. The molecule has 0 N–H and O–H groups in total. The third kappa shape index (κ3) is 1.70. The molecule has 0 amide bonds. The van der Waals surface area contributed by atoms with Gasteiger partial charge in [-0.3, -0.25) is 9.79 Å². The lowest BCUT2D eigenvalue weighted by molar-refractivity contribution is 0.112. The number of carbonyl (C=O) groups excluding carboxylic acids is 1. The number of fused-ring (bicyclic) bond motifs is 1. The van der Waals surface area contributed by atoms with Crippen LogP contribution < -0.4 is 0 Å². The molecule has 3 heteroatoms. The molecule has 1 aliphatic rings. The van der Waals surface area contributed by atoms with E-state index in [9.17, 15) is 4.79 Å². The Morgan fingerprint density at radius 1 is 1.38 bits per heavy atom. The Balaban J connectivity index is 2.51. The number of thioether (sulfide) groups is 1. The van der Waals surface area contributed by atoms with Crippen LogP contribution in [0, 0.1) is 0 Å². The normalized spacial score (nSPS) is 13.5. The molecule has 0 saturated heterocycles. The van der Waals surface area contributed by atoms with E-state index in [1.165, 1.54) is 0 Å². The van der Waals surface area contributed by atoms with Crippen LogP contribution in [0.15, 0.2) is 39.7 Å². The molecule has 0 unspecified atom stereocenters. The van der Waals surface area contributed by atoms with Crippen molar-refractivity contribution in [2.75, 3.05) is 0 Å². The molecule has 2 rings (SSSR count). The average Bonchev–Trinajstić information content (AvgIpc) is 2.41. The fourth-order valence-electron chi connectivity index (χ4n) is 1.10. The van der Waals surface area contributed by atoms with Gasteiger partial charge in [0.1, 0.15) is 6.29 Å². The Kier molecular flexibility index (Phi) is 2.27. The third-order valence-electron chi connectivity index (χ3n) is 1.73. The number of hydrogen-bond donors (Lipinski definition) is 0. The van der Waals surface area contributed by atoms with E-state index in [4.69, 9.17) is 0 Å². The van der Waals surface area contributed by atoms with Crippen LogP contribution in [0.5, 0.6) is 0 Å². The highest BCUT2D eigenvalue weighted by atomic mass is 32.2. The number of carbonyl (C=O) groups is 1. The van der Waals surface area contributed by atoms with Gasteiger partial charge in [0, 0.05) is 28.4 Å². The van der Waals surface area contributed by atoms with Gasteiger partial charge in [0.25, 0.3) is 0 Å². The first-order chi connectivity index (χ1) is 6.40. The highest BCUT2D eigenvalue weighted by Crippen LogP contribution is 2.25. The van der Waals surface area contributed by atoms with Gasteiger partial charge in [0.2, 0.25) is 0 Å². The molecule has 1 aromatic carbocycles. The van der Waals surface area contributed by atoms with E-state index in [0.29, 0.717) is 5.56 Å². The lowest BCUT2D eigenvalue weighted by Crippen LogP contribution is -1.87. The summed E-state index contributed by atoms with van der Waals surface area (Å²) in [6, 6.07) is 5.57. The summed E-state index contributed by atoms with van der Waals surface area (Å²) >= 11 is 1.57. The molecule has 0 fully saturated rings. The van der Waals surface area contributed by atoms with Crippen molar-refractivity contribution in [1.29, 1.82) is 0 Å². The summed E-state index contributed by atoms with van der Waals surface area (Å²) in [6.45, 7) is 0. The van der Waals surface area contributed by atoms with Crippen LogP contribution in [-0.4, -0.2) is 12.5 Å². The van der Waals surface area contributed by atoms with Gasteiger partial charge in [-0.05, 0) is 11.5 Å². The Bertz CT molecular complexity index is 396. The summed E-state index contributed by atoms with van der Waals surface area (Å²) in [7, 11) is 0. The molecule has 1 heterocycles. The highest BCUT2D eigenvalue weighted by Gasteiger charge is 2.02. The topological polar surface area (TPSA) is 29.4 Å². The van der Waals surface area contributed by atoms with Crippen molar-refractivity contribution in [3.8, 4) is 0 Å². The molecule has 13 heavy (non-hydrogen) atoms. The molecule has 0 radical (unpaired) electrons. The van der Waals surface area contributed by atoms with Gasteiger partial charge in [-0.15, -0.1) is 0 Å². The van der Waals surface area contributed by atoms with Crippen molar-refractivity contribution in [2.45, 2.75) is 4.90 Å². The molecule has 1 aliphatic heterocycles. The van der Waals surface area contributed by atoms with Crippen LogP contribution in [0.1, 0.15) is 15.9 Å². The number of benzene rings is 1. The molecule has 1 aromatic rings. The fourth-order valence-corrected chi connectivity index (χ4v) is 1.83. The van der Waals surface area contributed by atoms with Crippen LogP contribution in [0.3, 0.4) is 0 Å². The maximum Gasteiger partial charge on any atom is 0.150 e. The zero-order chi connectivity index (χ0) is 9.10. The van der Waals surface area contributed by atoms with Crippen molar-refractivity contribution in [3.63, 3.8) is 0 Å². The van der Waals surface area contributed by atoms with E-state index in [0.717, 1.165) is 16.7 Å². The fraction of sp³-hybridized carbons (Fsp3) is 0. The van der Waals surface area contributed by atoms with Crippen LogP contribution in [0.25, 0.3) is 0 Å². The second kappa shape index (κ2) is 3.58. The van der Waals surface area contributed by atoms with Crippen LogP contribution in [-0.2, 0) is 0 Å². The van der Waals surface area contributed by atoms with Gasteiger partial charge in [-0.1, -0.05) is 23.9 Å². The average molecular weight is 189 g/mol. The van der Waals surface area contributed by atoms with Gasteiger partial charge < -0.3 is 0 Å². The molecule has 0 spiro atoms. The van der Waals surface area contributed by atoms with Gasteiger partial charge >= 0.3 is 0 Å². The molecule has 0 aromatic heterocycles. The molecule has 2 nitrogen and oxygen atoms in total. The van der Waals surface area contributed by atoms with E-state index in [1.54, 1.807) is 30.2 Å². The summed E-state index contributed by atoms with van der Waals surface area (Å²) in [4.78, 5) is 15.6. The third-order valence-corrected chi connectivity index (χ3v) is 2.59. The van der Waals surface area contributed by atoms with Crippen molar-refractivity contribution < 1.29 is 4.79 Å². The Morgan fingerprint density at radius 2 is 2.31 bits per heavy atom. The van der Waals surface area contributed by atoms with E-state index in [-0.39, 0.29) is 0 Å². The highest BCUT2D eigenvalue weighted by molar-refractivity contribution is 8.02. The zero-order valence-corrected chi connectivity index (χ0v) is 7.62. The first kappa shape index (κ1) is 8.26. The van der Waals surface area contributed by atoms with E-state index >= 15 is 0 Å². The molecular weight excluding hydrogens is 182 g/mol. The van der Waals surface area contributed by atoms with E-state index in [2.05, 4.69) is 4.99 Å². The molecule has 64 valence electrons. The Labute approximate surface area is 80.4 Å². The first-order valence-corrected chi connectivity index (χ1v) is 4.72. The monoisotopic (exact) mass is 189 g/mol. The van der Waals surface area contributed by atoms with Crippen molar-refractivity contribution >= 4 is 24.3 Å². The van der Waals surface area contributed by atoms with E-state index < -0.39 is 0 Å². The summed E-state index contributed by atoms with van der Waals surface area (Å²) in [5, 5.41) is 1.90. The van der Waals surface area contributed by atoms with Crippen LogP contribution >= 0.6 is 11.8 Å². The molecule has 0 atom stereocenters. The van der Waals surface area contributed by atoms with Crippen molar-refractivity contribution in [1.82, 2.24) is 0 Å². The van der Waals surface area contributed by atoms with Crippen LogP contribution in [0.4, 0.5) is 0 Å². The second-order valence-corrected chi connectivity index (χ2v) is 3.54. The minimum absolute atomic E-state index is 0.704. The smallest absolute Gasteiger partial charge is 0.150 e. The quantitative estimate of drug-likeness (QED) is 0.635. The predicted molar refractivity (Wildman–Crippen MR) is 54.4 cm³/mol. The molecule has 0 bridgehead atoms. The molecule has 0 saturated carbocycles. The van der Waals surface area contributed by atoms with Crippen LogP contribution in [0.2, 0.25) is 0 Å². The minimum atomic E-state index is 0.704. The first-order valence-electron chi connectivity index (χ1n) is 3.84. The standard InChI is InChI=1S/C10H7NOS/c12-7-8-1-2-9-6-11-3-4-13-10(9)5-8/h1-7H. The molecular formula is C10H7NOS. The molecule has 0 aliphatic carbocycles. The zero-order valence-electron chi connectivity index (χ0n) is 6.81. The summed E-state index contributed by atoms with van der Waals surface area (Å²) in [5.41, 5.74) is 1.76. The number of rotatable bonds is 1. The number of aliphatic imine (C=N–C) groups is 1. The minimum Gasteiger partial charge on any atom is -0.298 e. The predicted octanol–water partition coefficient (Wildman–Crippen LogP) is 2.49. The number of aldehydes is 1. The van der Waals surface area contributed by atoms with Crippen molar-refractivity contribution in [2.24, 2.45) is 4.99 Å². The maximum absolute atomic E-state index is 10.5. The second-order valence-electron chi connectivity index (χ2n) is 2.60. The summed E-state index contributed by atoms with van der Waals surface area (Å²) in [5.74, 6) is 0. The lowest BCUT2D eigenvalue weighted by Gasteiger charge is -2.00. The Morgan fingerprint density at radius 3 is 3.15 bits per heavy atom. The van der Waals surface area contributed by atoms with Gasteiger partial charge in [-0.2, -0.15) is 0 Å². The van der Waals surface area contributed by atoms with E-state index in [1.807, 2.05) is 17.5 Å². The largest absolute Gasteiger partial charge is 0.298 e. The number of nitrogens with zero attached hydrogens (tertiary/aromatic N) is 1. The number of hydrogen-bond acceptors (Lipinski definition) is 3. The lowest BCUT2D eigenvalue weighted by atomic mass is 10.1. The summed E-state index contributed by atoms with van der Waals surface area (Å²) in [6.07, 6.45) is 4.39. The maximum atomic E-state index is 10.5. The van der Waals surface area contributed by atoms with Gasteiger partial charge in [0.05, 0.1) is 0 Å². The van der Waals surface area contributed by atoms with Crippen molar-refractivity contribution in [3.05, 3.63) is 40.9 Å². The SMILES string of the molecule is O=Cc1ccc2c(c1)SC=CN=C2. The Hall–Kier alpha value is -1.35. The van der Waals surface area contributed by atoms with Gasteiger partial charge in [-0.25, -0.2) is 0 Å². The van der Waals surface area contributed by atoms with Gasteiger partial charge in [0.15, 0.2) is 0 Å².